The van der Waals surface area contributed by atoms with E-state index in [1.54, 1.807) is 18.9 Å². The maximum Gasteiger partial charge on any atom is 0.0554 e. The first-order valence-corrected chi connectivity index (χ1v) is 5.47. The summed E-state index contributed by atoms with van der Waals surface area (Å²) in [5.74, 6) is 0. The molecule has 2 nitrogen and oxygen atoms in total. The molecule has 77 valence electrons. The van der Waals surface area contributed by atoms with E-state index in [1.165, 1.54) is 0 Å². The maximum atomic E-state index is 9.13. The molecule has 1 unspecified atom stereocenters. The Morgan fingerprint density at radius 3 is 3.07 bits per heavy atom. The van der Waals surface area contributed by atoms with Gasteiger partial charge in [-0.1, -0.05) is 12.1 Å². The molecule has 1 atom stereocenters. The van der Waals surface area contributed by atoms with Gasteiger partial charge >= 0.3 is 0 Å². The fourth-order valence-corrected chi connectivity index (χ4v) is 2.05. The Morgan fingerprint density at radius 1 is 1.64 bits per heavy atom. The summed E-state index contributed by atoms with van der Waals surface area (Å²) in [5, 5.41) is 9.34. The third-order valence-electron chi connectivity index (χ3n) is 1.83. The largest absolute Gasteiger partial charge is 0.395 e. The molecular formula is C11H15O2S. The Kier molecular flexibility index (Phi) is 5.68. The van der Waals surface area contributed by atoms with E-state index >= 15 is 0 Å². The van der Waals surface area contributed by atoms with Crippen LogP contribution in [0.3, 0.4) is 0 Å². The molecule has 1 aromatic rings. The Balaban J connectivity index is 2.40. The molecule has 0 aliphatic carbocycles. The SMILES string of the molecule is COCCC(CO)Sc1c[c]ccc1. The molecule has 0 bridgehead atoms. The number of thioether (sulfide) groups is 1. The predicted molar refractivity (Wildman–Crippen MR) is 58.5 cm³/mol. The molecular weight excluding hydrogens is 196 g/mol. The second kappa shape index (κ2) is 6.87. The van der Waals surface area contributed by atoms with Crippen LogP contribution in [0.5, 0.6) is 0 Å². The molecule has 1 radical (unpaired) electrons. The minimum atomic E-state index is 0.183. The third kappa shape index (κ3) is 4.13. The van der Waals surface area contributed by atoms with E-state index in [-0.39, 0.29) is 11.9 Å². The van der Waals surface area contributed by atoms with Crippen molar-refractivity contribution < 1.29 is 9.84 Å². The molecule has 14 heavy (non-hydrogen) atoms. The van der Waals surface area contributed by atoms with Crippen LogP contribution >= 0.6 is 11.8 Å². The lowest BCUT2D eigenvalue weighted by molar-refractivity contribution is 0.183. The number of methoxy groups -OCH3 is 1. The molecule has 1 rings (SSSR count). The summed E-state index contributed by atoms with van der Waals surface area (Å²) in [4.78, 5) is 1.14. The first-order valence-electron chi connectivity index (χ1n) is 4.59. The molecule has 3 heteroatoms. The van der Waals surface area contributed by atoms with Gasteiger partial charge in [0.15, 0.2) is 0 Å². The first-order chi connectivity index (χ1) is 6.86. The van der Waals surface area contributed by atoms with Gasteiger partial charge in [0.1, 0.15) is 0 Å². The topological polar surface area (TPSA) is 29.5 Å². The number of ether oxygens (including phenoxy) is 1. The smallest absolute Gasteiger partial charge is 0.0554 e. The zero-order valence-electron chi connectivity index (χ0n) is 8.27. The second-order valence-electron chi connectivity index (χ2n) is 2.94. The minimum absolute atomic E-state index is 0.183. The third-order valence-corrected chi connectivity index (χ3v) is 3.07. The van der Waals surface area contributed by atoms with E-state index in [0.29, 0.717) is 6.61 Å². The van der Waals surface area contributed by atoms with Gasteiger partial charge in [-0.2, -0.15) is 0 Å². The van der Waals surface area contributed by atoms with Gasteiger partial charge < -0.3 is 9.84 Å². The van der Waals surface area contributed by atoms with Crippen LogP contribution in [0, 0.1) is 6.07 Å². The highest BCUT2D eigenvalue weighted by Gasteiger charge is 2.08. The van der Waals surface area contributed by atoms with Crippen molar-refractivity contribution in [3.8, 4) is 0 Å². The van der Waals surface area contributed by atoms with E-state index in [4.69, 9.17) is 9.84 Å². The summed E-state index contributed by atoms with van der Waals surface area (Å²) in [5.41, 5.74) is 0. The Hall–Kier alpha value is -0.510. The normalized spacial score (nSPS) is 12.7. The summed E-state index contributed by atoms with van der Waals surface area (Å²) in [6.45, 7) is 0.873. The Morgan fingerprint density at radius 2 is 2.50 bits per heavy atom. The van der Waals surface area contributed by atoms with Crippen molar-refractivity contribution in [3.63, 3.8) is 0 Å². The highest BCUT2D eigenvalue weighted by Crippen LogP contribution is 2.24. The van der Waals surface area contributed by atoms with Crippen molar-refractivity contribution in [2.45, 2.75) is 16.6 Å². The summed E-state index contributed by atoms with van der Waals surface area (Å²) < 4.78 is 4.98. The van der Waals surface area contributed by atoms with Gasteiger partial charge in [-0.25, -0.2) is 0 Å². The van der Waals surface area contributed by atoms with Crippen LogP contribution in [0.25, 0.3) is 0 Å². The number of aliphatic hydroxyl groups excluding tert-OH is 1. The van der Waals surface area contributed by atoms with E-state index in [1.807, 2.05) is 24.3 Å². The van der Waals surface area contributed by atoms with Crippen LogP contribution < -0.4 is 0 Å². The van der Waals surface area contributed by atoms with Gasteiger partial charge in [0.25, 0.3) is 0 Å². The van der Waals surface area contributed by atoms with Gasteiger partial charge in [0.05, 0.1) is 6.61 Å². The average Bonchev–Trinajstić information content (AvgIpc) is 2.25. The van der Waals surface area contributed by atoms with Crippen LogP contribution in [0.15, 0.2) is 29.2 Å². The molecule has 0 saturated carbocycles. The van der Waals surface area contributed by atoms with Gasteiger partial charge in [0, 0.05) is 23.9 Å². The van der Waals surface area contributed by atoms with Gasteiger partial charge in [0.2, 0.25) is 0 Å². The molecule has 1 aromatic carbocycles. The van der Waals surface area contributed by atoms with E-state index in [0.717, 1.165) is 11.3 Å². The van der Waals surface area contributed by atoms with Crippen molar-refractivity contribution in [2.75, 3.05) is 20.3 Å². The fourth-order valence-electron chi connectivity index (χ4n) is 1.08. The molecule has 0 aliphatic heterocycles. The highest BCUT2D eigenvalue weighted by atomic mass is 32.2. The number of hydrogen-bond donors (Lipinski definition) is 1. The molecule has 0 aromatic heterocycles. The molecule has 0 amide bonds. The van der Waals surface area contributed by atoms with Gasteiger partial charge in [-0.05, 0) is 24.6 Å². The average molecular weight is 211 g/mol. The lowest BCUT2D eigenvalue weighted by Crippen LogP contribution is -2.11. The van der Waals surface area contributed by atoms with Crippen molar-refractivity contribution >= 4 is 11.8 Å². The van der Waals surface area contributed by atoms with E-state index < -0.39 is 0 Å². The molecule has 0 saturated heterocycles. The monoisotopic (exact) mass is 211 g/mol. The number of benzene rings is 1. The van der Waals surface area contributed by atoms with E-state index in [9.17, 15) is 0 Å². The second-order valence-corrected chi connectivity index (χ2v) is 4.32. The van der Waals surface area contributed by atoms with Crippen molar-refractivity contribution in [3.05, 3.63) is 30.3 Å². The lowest BCUT2D eigenvalue weighted by atomic mass is 10.3. The summed E-state index contributed by atoms with van der Waals surface area (Å²) in [7, 11) is 1.68. The summed E-state index contributed by atoms with van der Waals surface area (Å²) >= 11 is 1.67. The molecule has 0 fully saturated rings. The van der Waals surface area contributed by atoms with Crippen molar-refractivity contribution in [1.29, 1.82) is 0 Å². The number of hydrogen-bond acceptors (Lipinski definition) is 3. The van der Waals surface area contributed by atoms with Gasteiger partial charge in [-0.15, -0.1) is 11.8 Å². The zero-order chi connectivity index (χ0) is 10.2. The fraction of sp³-hybridized carbons (Fsp3) is 0.455. The van der Waals surface area contributed by atoms with Crippen LogP contribution in [0.4, 0.5) is 0 Å². The summed E-state index contributed by atoms with van der Waals surface area (Å²) in [6, 6.07) is 10.8. The highest BCUT2D eigenvalue weighted by molar-refractivity contribution is 8.00. The van der Waals surface area contributed by atoms with Crippen LogP contribution in [0.2, 0.25) is 0 Å². The first kappa shape index (κ1) is 11.6. The molecule has 0 spiro atoms. The molecule has 1 N–H and O–H groups in total. The minimum Gasteiger partial charge on any atom is -0.395 e. The Labute approximate surface area is 89.3 Å². The Bertz CT molecular complexity index is 238. The van der Waals surface area contributed by atoms with Crippen molar-refractivity contribution in [1.82, 2.24) is 0 Å². The van der Waals surface area contributed by atoms with E-state index in [2.05, 4.69) is 6.07 Å². The standard InChI is InChI=1S/C11H15O2S/c1-13-8-7-11(9-12)14-10-5-3-2-4-6-10/h2-3,5-6,11-12H,7-9H2,1H3. The van der Waals surface area contributed by atoms with Gasteiger partial charge in [-0.3, -0.25) is 0 Å². The van der Waals surface area contributed by atoms with Crippen molar-refractivity contribution in [2.24, 2.45) is 0 Å². The molecule has 0 heterocycles. The number of rotatable bonds is 6. The van der Waals surface area contributed by atoms with Crippen LogP contribution in [0.1, 0.15) is 6.42 Å². The summed E-state index contributed by atoms with van der Waals surface area (Å²) in [6.07, 6.45) is 0.868. The number of aliphatic hydroxyl groups is 1. The quantitative estimate of drug-likeness (QED) is 0.730. The zero-order valence-corrected chi connectivity index (χ0v) is 9.09. The maximum absolute atomic E-state index is 9.13. The van der Waals surface area contributed by atoms with Crippen LogP contribution in [-0.4, -0.2) is 30.7 Å². The molecule has 0 aliphatic rings. The predicted octanol–water partition coefficient (Wildman–Crippen LogP) is 1.98. The van der Waals surface area contributed by atoms with Crippen LogP contribution in [-0.2, 0) is 4.74 Å². The lowest BCUT2D eigenvalue weighted by Gasteiger charge is -2.12.